The molecule has 0 radical (unpaired) electrons. The van der Waals surface area contributed by atoms with Crippen molar-refractivity contribution < 1.29 is 43.2 Å². The van der Waals surface area contributed by atoms with E-state index in [1.54, 1.807) is 32.0 Å². The zero-order valence-corrected chi connectivity index (χ0v) is 21.8. The monoisotopic (exact) mass is 516 g/mol. The highest BCUT2D eigenvalue weighted by Crippen LogP contribution is 2.38. The van der Waals surface area contributed by atoms with Crippen LogP contribution in [0.5, 0.6) is 28.7 Å². The summed E-state index contributed by atoms with van der Waals surface area (Å²) >= 11 is 0. The lowest BCUT2D eigenvalue weighted by atomic mass is 10.0. The van der Waals surface area contributed by atoms with Crippen molar-refractivity contribution in [1.82, 2.24) is 10.6 Å². The Bertz CT molecular complexity index is 1150. The minimum atomic E-state index is -1.21. The summed E-state index contributed by atoms with van der Waals surface area (Å²) in [5.74, 6) is -1.44. The molecule has 37 heavy (non-hydrogen) atoms. The molecule has 2 aromatic carbocycles. The lowest BCUT2D eigenvalue weighted by Gasteiger charge is -2.20. The number of carboxylic acids is 1. The average Bonchev–Trinajstić information content (AvgIpc) is 2.89. The maximum absolute atomic E-state index is 13.2. The fourth-order valence-electron chi connectivity index (χ4n) is 3.39. The van der Waals surface area contributed by atoms with Crippen molar-refractivity contribution in [3.8, 4) is 28.7 Å². The third-order valence-corrected chi connectivity index (χ3v) is 5.38. The Balaban J connectivity index is 2.56. The van der Waals surface area contributed by atoms with E-state index in [4.69, 9.17) is 23.7 Å². The van der Waals surface area contributed by atoms with Crippen LogP contribution in [0.3, 0.4) is 0 Å². The Morgan fingerprint density at radius 2 is 1.43 bits per heavy atom. The molecule has 2 aromatic rings. The maximum atomic E-state index is 13.2. The SMILES string of the molecule is COc1ccc(/C=C(/NC(=O)c2cc(OC)c(OC)c(OC)c2)C(=O)NC(C(=O)O)C(C)C)c(OC)c1. The molecule has 11 nitrogen and oxygen atoms in total. The van der Waals surface area contributed by atoms with Crippen molar-refractivity contribution >= 4 is 23.9 Å². The molecule has 0 aromatic heterocycles. The zero-order valence-electron chi connectivity index (χ0n) is 21.8. The molecule has 11 heteroatoms. The number of aliphatic carboxylic acids is 1. The highest BCUT2D eigenvalue weighted by molar-refractivity contribution is 6.06. The molecule has 0 aliphatic rings. The fourth-order valence-corrected chi connectivity index (χ4v) is 3.39. The molecule has 0 saturated heterocycles. The Morgan fingerprint density at radius 1 is 0.838 bits per heavy atom. The summed E-state index contributed by atoms with van der Waals surface area (Å²) in [7, 11) is 7.19. The number of benzene rings is 2. The molecular weight excluding hydrogens is 484 g/mol. The molecule has 0 aliphatic heterocycles. The first-order chi connectivity index (χ1) is 17.6. The molecular formula is C26H32N2O9. The number of carbonyl (C=O) groups excluding carboxylic acids is 2. The summed E-state index contributed by atoms with van der Waals surface area (Å²) in [5, 5.41) is 14.6. The van der Waals surface area contributed by atoms with Gasteiger partial charge in [0.2, 0.25) is 5.75 Å². The van der Waals surface area contributed by atoms with Crippen molar-refractivity contribution in [2.24, 2.45) is 5.92 Å². The normalized spacial score (nSPS) is 11.8. The topological polar surface area (TPSA) is 142 Å². The van der Waals surface area contributed by atoms with E-state index in [0.29, 0.717) is 22.8 Å². The molecule has 1 unspecified atom stereocenters. The minimum absolute atomic E-state index is 0.105. The highest BCUT2D eigenvalue weighted by Gasteiger charge is 2.26. The van der Waals surface area contributed by atoms with E-state index in [2.05, 4.69) is 10.6 Å². The Morgan fingerprint density at radius 3 is 1.89 bits per heavy atom. The number of methoxy groups -OCH3 is 5. The van der Waals surface area contributed by atoms with E-state index in [-0.39, 0.29) is 22.8 Å². The number of hydrogen-bond donors (Lipinski definition) is 3. The fraction of sp³-hybridized carbons (Fsp3) is 0.346. The Labute approximate surface area is 215 Å². The first-order valence-corrected chi connectivity index (χ1v) is 11.2. The van der Waals surface area contributed by atoms with Gasteiger partial charge in [0.15, 0.2) is 11.5 Å². The largest absolute Gasteiger partial charge is 0.497 e. The van der Waals surface area contributed by atoms with Crippen LogP contribution in [0.25, 0.3) is 6.08 Å². The quantitative estimate of drug-likeness (QED) is 0.363. The summed E-state index contributed by atoms with van der Waals surface area (Å²) < 4.78 is 26.5. The summed E-state index contributed by atoms with van der Waals surface area (Å²) in [6.07, 6.45) is 1.38. The van der Waals surface area contributed by atoms with E-state index in [1.807, 2.05) is 0 Å². The molecule has 3 N–H and O–H groups in total. The number of hydrogen-bond acceptors (Lipinski definition) is 8. The standard InChI is InChI=1S/C26H32N2O9/c1-14(2)22(26(31)32)28-25(30)18(10-15-8-9-17(33-3)13-19(15)34-4)27-24(29)16-11-20(35-5)23(37-7)21(12-16)36-6/h8-14,22H,1-7H3,(H,27,29)(H,28,30)(H,31,32)/b18-10+. The summed E-state index contributed by atoms with van der Waals surface area (Å²) in [5.41, 5.74) is 0.331. The van der Waals surface area contributed by atoms with Gasteiger partial charge in [-0.3, -0.25) is 9.59 Å². The summed E-state index contributed by atoms with van der Waals surface area (Å²) in [6.45, 7) is 3.31. The van der Waals surface area contributed by atoms with Crippen LogP contribution in [0.15, 0.2) is 36.0 Å². The minimum Gasteiger partial charge on any atom is -0.497 e. The number of rotatable bonds is 12. The smallest absolute Gasteiger partial charge is 0.326 e. The van der Waals surface area contributed by atoms with Crippen LogP contribution in [0.2, 0.25) is 0 Å². The molecule has 0 heterocycles. The van der Waals surface area contributed by atoms with Crippen molar-refractivity contribution in [1.29, 1.82) is 0 Å². The van der Waals surface area contributed by atoms with E-state index < -0.39 is 29.7 Å². The second kappa shape index (κ2) is 13.1. The number of ether oxygens (including phenoxy) is 5. The predicted molar refractivity (Wildman–Crippen MR) is 135 cm³/mol. The van der Waals surface area contributed by atoms with Gasteiger partial charge in [0.25, 0.3) is 11.8 Å². The summed E-state index contributed by atoms with van der Waals surface area (Å²) in [6, 6.07) is 6.55. The van der Waals surface area contributed by atoms with Crippen LogP contribution in [-0.2, 0) is 9.59 Å². The third kappa shape index (κ3) is 7.06. The molecule has 2 amide bonds. The lowest BCUT2D eigenvalue weighted by molar-refractivity contribution is -0.142. The Kier molecular flexibility index (Phi) is 10.2. The van der Waals surface area contributed by atoms with Gasteiger partial charge in [0, 0.05) is 17.2 Å². The molecule has 0 saturated carbocycles. The predicted octanol–water partition coefficient (Wildman–Crippen LogP) is 2.73. The van der Waals surface area contributed by atoms with Gasteiger partial charge in [0.1, 0.15) is 23.2 Å². The average molecular weight is 517 g/mol. The van der Waals surface area contributed by atoms with Gasteiger partial charge in [-0.15, -0.1) is 0 Å². The number of carbonyl (C=O) groups is 3. The molecule has 200 valence electrons. The van der Waals surface area contributed by atoms with Gasteiger partial charge in [-0.2, -0.15) is 0 Å². The van der Waals surface area contributed by atoms with E-state index in [9.17, 15) is 19.5 Å². The van der Waals surface area contributed by atoms with Crippen LogP contribution in [0, 0.1) is 5.92 Å². The first-order valence-electron chi connectivity index (χ1n) is 11.2. The second-order valence-electron chi connectivity index (χ2n) is 8.07. The summed E-state index contributed by atoms with van der Waals surface area (Å²) in [4.78, 5) is 38.1. The Hall–Kier alpha value is -4.41. The zero-order chi connectivity index (χ0) is 27.7. The van der Waals surface area contributed by atoms with Crippen LogP contribution in [0.4, 0.5) is 0 Å². The van der Waals surface area contributed by atoms with E-state index >= 15 is 0 Å². The third-order valence-electron chi connectivity index (χ3n) is 5.38. The van der Waals surface area contributed by atoms with Gasteiger partial charge in [0.05, 0.1) is 35.5 Å². The van der Waals surface area contributed by atoms with Crippen LogP contribution in [-0.4, -0.2) is 64.5 Å². The van der Waals surface area contributed by atoms with E-state index in [1.165, 1.54) is 53.8 Å². The van der Waals surface area contributed by atoms with Crippen molar-refractivity contribution in [3.63, 3.8) is 0 Å². The molecule has 1 atom stereocenters. The molecule has 2 rings (SSSR count). The lowest BCUT2D eigenvalue weighted by Crippen LogP contribution is -2.47. The molecule has 0 spiro atoms. The van der Waals surface area contributed by atoms with Crippen molar-refractivity contribution in [2.45, 2.75) is 19.9 Å². The molecule has 0 aliphatic carbocycles. The molecule has 0 fully saturated rings. The number of amides is 2. The highest BCUT2D eigenvalue weighted by atomic mass is 16.5. The van der Waals surface area contributed by atoms with Gasteiger partial charge in [-0.1, -0.05) is 13.8 Å². The van der Waals surface area contributed by atoms with Gasteiger partial charge >= 0.3 is 5.97 Å². The van der Waals surface area contributed by atoms with Gasteiger partial charge in [-0.05, 0) is 36.3 Å². The van der Waals surface area contributed by atoms with Gasteiger partial charge < -0.3 is 39.4 Å². The van der Waals surface area contributed by atoms with Gasteiger partial charge in [-0.25, -0.2) is 4.79 Å². The number of carboxylic acid groups (broad SMARTS) is 1. The van der Waals surface area contributed by atoms with Crippen LogP contribution in [0.1, 0.15) is 29.8 Å². The van der Waals surface area contributed by atoms with Crippen LogP contribution >= 0.6 is 0 Å². The van der Waals surface area contributed by atoms with E-state index in [0.717, 1.165) is 0 Å². The van der Waals surface area contributed by atoms with Crippen LogP contribution < -0.4 is 34.3 Å². The van der Waals surface area contributed by atoms with Crippen molar-refractivity contribution in [2.75, 3.05) is 35.5 Å². The maximum Gasteiger partial charge on any atom is 0.326 e. The van der Waals surface area contributed by atoms with Crippen molar-refractivity contribution in [3.05, 3.63) is 47.2 Å². The first kappa shape index (κ1) is 28.8. The second-order valence-corrected chi connectivity index (χ2v) is 8.07. The molecule has 0 bridgehead atoms. The number of nitrogens with one attached hydrogen (secondary N) is 2.